The van der Waals surface area contributed by atoms with Gasteiger partial charge in [0.25, 0.3) is 0 Å². The van der Waals surface area contributed by atoms with Gasteiger partial charge in [-0.25, -0.2) is 0 Å². The van der Waals surface area contributed by atoms with Crippen LogP contribution in [0.15, 0.2) is 24.5 Å². The number of halogens is 1. The number of pyridine rings is 1. The Morgan fingerprint density at radius 1 is 1.42 bits per heavy atom. The lowest BCUT2D eigenvalue weighted by Crippen LogP contribution is -1.90. The molecule has 0 aromatic carbocycles. The molecule has 0 spiro atoms. The topological polar surface area (TPSA) is 12.9 Å². The highest BCUT2D eigenvalue weighted by molar-refractivity contribution is 6.20. The number of aromatic nitrogens is 1. The third-order valence-electron chi connectivity index (χ3n) is 1.88. The molecule has 0 saturated heterocycles. The lowest BCUT2D eigenvalue weighted by Gasteiger charge is -2.07. The Kier molecular flexibility index (Phi) is 4.09. The van der Waals surface area contributed by atoms with Crippen LogP contribution in [0.3, 0.4) is 0 Å². The van der Waals surface area contributed by atoms with Crippen molar-refractivity contribution in [3.63, 3.8) is 0 Å². The van der Waals surface area contributed by atoms with Crippen LogP contribution in [0.4, 0.5) is 0 Å². The number of hydrogen-bond acceptors (Lipinski definition) is 1. The Hall–Kier alpha value is -0.560. The van der Waals surface area contributed by atoms with Gasteiger partial charge in [-0.15, -0.1) is 11.6 Å². The molecule has 0 fully saturated rings. The molecule has 0 amide bonds. The van der Waals surface area contributed by atoms with Gasteiger partial charge in [-0.3, -0.25) is 4.98 Å². The van der Waals surface area contributed by atoms with Gasteiger partial charge < -0.3 is 0 Å². The zero-order chi connectivity index (χ0) is 8.81. The maximum atomic E-state index is 6.16. The van der Waals surface area contributed by atoms with Gasteiger partial charge in [-0.2, -0.15) is 0 Å². The summed E-state index contributed by atoms with van der Waals surface area (Å²) < 4.78 is 0. The third kappa shape index (κ3) is 2.82. The van der Waals surface area contributed by atoms with E-state index in [1.54, 1.807) is 12.4 Å². The molecule has 1 rings (SSSR count). The summed E-state index contributed by atoms with van der Waals surface area (Å²) in [7, 11) is 0. The Labute approximate surface area is 78.8 Å². The highest BCUT2D eigenvalue weighted by Crippen LogP contribution is 2.25. The molecule has 0 radical (unpaired) electrons. The Balaban J connectivity index is 2.48. The van der Waals surface area contributed by atoms with Crippen molar-refractivity contribution in [3.05, 3.63) is 30.1 Å². The largest absolute Gasteiger partial charge is 0.265 e. The quantitative estimate of drug-likeness (QED) is 0.651. The molecule has 0 aliphatic carbocycles. The van der Waals surface area contributed by atoms with Gasteiger partial charge in [0.2, 0.25) is 0 Å². The van der Waals surface area contributed by atoms with E-state index in [4.69, 9.17) is 11.6 Å². The predicted molar refractivity (Wildman–Crippen MR) is 52.4 cm³/mol. The van der Waals surface area contributed by atoms with Crippen LogP contribution in [0, 0.1) is 0 Å². The second kappa shape index (κ2) is 5.15. The summed E-state index contributed by atoms with van der Waals surface area (Å²) in [5.41, 5.74) is 1.18. The average molecular weight is 184 g/mol. The summed E-state index contributed by atoms with van der Waals surface area (Å²) in [6, 6.07) is 3.96. The molecule has 1 nitrogen and oxygen atoms in total. The summed E-state index contributed by atoms with van der Waals surface area (Å²) in [4.78, 5) is 3.95. The number of nitrogens with zero attached hydrogens (tertiary/aromatic N) is 1. The number of rotatable bonds is 4. The van der Waals surface area contributed by atoms with Crippen molar-refractivity contribution in [1.82, 2.24) is 4.98 Å². The minimum Gasteiger partial charge on any atom is -0.265 e. The van der Waals surface area contributed by atoms with E-state index in [0.717, 1.165) is 6.42 Å². The zero-order valence-electron chi connectivity index (χ0n) is 7.33. The normalized spacial score (nSPS) is 12.8. The molecule has 1 aromatic heterocycles. The molecule has 1 atom stereocenters. The molecule has 0 aliphatic rings. The standard InChI is InChI=1S/C10H14ClN/c1-2-3-4-10(11)9-5-7-12-8-6-9/h5-8,10H,2-4H2,1H3. The van der Waals surface area contributed by atoms with E-state index < -0.39 is 0 Å². The molecule has 12 heavy (non-hydrogen) atoms. The van der Waals surface area contributed by atoms with Crippen LogP contribution < -0.4 is 0 Å². The molecule has 0 aliphatic heterocycles. The first-order valence-electron chi connectivity index (χ1n) is 4.38. The molecule has 0 bridgehead atoms. The molecule has 1 heterocycles. The lowest BCUT2D eigenvalue weighted by molar-refractivity contribution is 0.700. The lowest BCUT2D eigenvalue weighted by atomic mass is 10.1. The van der Waals surface area contributed by atoms with Gasteiger partial charge in [0.1, 0.15) is 0 Å². The van der Waals surface area contributed by atoms with Crippen molar-refractivity contribution < 1.29 is 0 Å². The van der Waals surface area contributed by atoms with Gasteiger partial charge in [-0.1, -0.05) is 19.8 Å². The van der Waals surface area contributed by atoms with Crippen LogP contribution in [0.1, 0.15) is 37.1 Å². The van der Waals surface area contributed by atoms with E-state index in [9.17, 15) is 0 Å². The van der Waals surface area contributed by atoms with Gasteiger partial charge >= 0.3 is 0 Å². The number of unbranched alkanes of at least 4 members (excludes halogenated alkanes) is 1. The van der Waals surface area contributed by atoms with Gasteiger partial charge in [0, 0.05) is 12.4 Å². The van der Waals surface area contributed by atoms with E-state index in [-0.39, 0.29) is 5.38 Å². The molecule has 1 unspecified atom stereocenters. The van der Waals surface area contributed by atoms with Crippen molar-refractivity contribution in [2.24, 2.45) is 0 Å². The first-order valence-corrected chi connectivity index (χ1v) is 4.82. The minimum absolute atomic E-state index is 0.160. The number of hydrogen-bond donors (Lipinski definition) is 0. The van der Waals surface area contributed by atoms with E-state index in [1.165, 1.54) is 18.4 Å². The summed E-state index contributed by atoms with van der Waals surface area (Å²) in [6.07, 6.45) is 7.03. The first kappa shape index (κ1) is 9.53. The van der Waals surface area contributed by atoms with E-state index >= 15 is 0 Å². The minimum atomic E-state index is 0.160. The van der Waals surface area contributed by atoms with Crippen molar-refractivity contribution in [2.75, 3.05) is 0 Å². The Bertz CT molecular complexity index is 210. The van der Waals surface area contributed by atoms with Crippen molar-refractivity contribution in [2.45, 2.75) is 31.6 Å². The molecule has 66 valence electrons. The van der Waals surface area contributed by atoms with Crippen LogP contribution in [-0.4, -0.2) is 4.98 Å². The van der Waals surface area contributed by atoms with Crippen LogP contribution in [-0.2, 0) is 0 Å². The van der Waals surface area contributed by atoms with E-state index in [0.29, 0.717) is 0 Å². The van der Waals surface area contributed by atoms with Crippen molar-refractivity contribution in [3.8, 4) is 0 Å². The highest BCUT2D eigenvalue weighted by atomic mass is 35.5. The van der Waals surface area contributed by atoms with Crippen molar-refractivity contribution in [1.29, 1.82) is 0 Å². The van der Waals surface area contributed by atoms with Gasteiger partial charge in [-0.05, 0) is 24.1 Å². The predicted octanol–water partition coefficient (Wildman–Crippen LogP) is 3.55. The fraction of sp³-hybridized carbons (Fsp3) is 0.500. The van der Waals surface area contributed by atoms with Crippen LogP contribution in [0.25, 0.3) is 0 Å². The molecular weight excluding hydrogens is 170 g/mol. The van der Waals surface area contributed by atoms with Crippen LogP contribution >= 0.6 is 11.6 Å². The maximum absolute atomic E-state index is 6.16. The average Bonchev–Trinajstić information content (AvgIpc) is 2.15. The van der Waals surface area contributed by atoms with Crippen molar-refractivity contribution >= 4 is 11.6 Å². The van der Waals surface area contributed by atoms with Crippen LogP contribution in [0.2, 0.25) is 0 Å². The summed E-state index contributed by atoms with van der Waals surface area (Å²) in [6.45, 7) is 2.18. The summed E-state index contributed by atoms with van der Waals surface area (Å²) >= 11 is 6.16. The van der Waals surface area contributed by atoms with E-state index in [2.05, 4.69) is 11.9 Å². The smallest absolute Gasteiger partial charge is 0.0586 e. The molecule has 0 N–H and O–H groups in total. The molecule has 2 heteroatoms. The summed E-state index contributed by atoms with van der Waals surface area (Å²) in [5, 5.41) is 0.160. The van der Waals surface area contributed by atoms with Gasteiger partial charge in [0.15, 0.2) is 0 Å². The fourth-order valence-electron chi connectivity index (χ4n) is 1.12. The molecule has 1 aromatic rings. The molecular formula is C10H14ClN. The second-order valence-electron chi connectivity index (χ2n) is 2.89. The first-order chi connectivity index (χ1) is 5.84. The van der Waals surface area contributed by atoms with Crippen LogP contribution in [0.5, 0.6) is 0 Å². The second-order valence-corrected chi connectivity index (χ2v) is 3.42. The fourth-order valence-corrected chi connectivity index (χ4v) is 1.42. The SMILES string of the molecule is CCCCC(Cl)c1ccncc1. The van der Waals surface area contributed by atoms with Gasteiger partial charge in [0.05, 0.1) is 5.38 Å². The highest BCUT2D eigenvalue weighted by Gasteiger charge is 2.05. The monoisotopic (exact) mass is 183 g/mol. The number of alkyl halides is 1. The Morgan fingerprint density at radius 2 is 2.08 bits per heavy atom. The Morgan fingerprint density at radius 3 is 2.67 bits per heavy atom. The van der Waals surface area contributed by atoms with E-state index in [1.807, 2.05) is 12.1 Å². The zero-order valence-corrected chi connectivity index (χ0v) is 8.09. The summed E-state index contributed by atoms with van der Waals surface area (Å²) in [5.74, 6) is 0. The third-order valence-corrected chi connectivity index (χ3v) is 2.35. The molecule has 0 saturated carbocycles. The maximum Gasteiger partial charge on any atom is 0.0586 e.